The largest absolute Gasteiger partial charge is 0.478 e. The summed E-state index contributed by atoms with van der Waals surface area (Å²) in [5.74, 6) is -0.977. The molecule has 1 aliphatic carbocycles. The Morgan fingerprint density at radius 2 is 2.12 bits per heavy atom. The van der Waals surface area contributed by atoms with Crippen molar-refractivity contribution in [3.63, 3.8) is 0 Å². The topological polar surface area (TPSA) is 132 Å². The Morgan fingerprint density at radius 3 is 2.84 bits per heavy atom. The van der Waals surface area contributed by atoms with E-state index in [2.05, 4.69) is 21.0 Å². The summed E-state index contributed by atoms with van der Waals surface area (Å²) in [6.45, 7) is 0. The molecule has 0 amide bonds. The van der Waals surface area contributed by atoms with Crippen LogP contribution in [0.5, 0.6) is 0 Å². The number of rotatable bonds is 2. The fourth-order valence-electron chi connectivity index (χ4n) is 2.96. The predicted octanol–water partition coefficient (Wildman–Crippen LogP) is 2.37. The van der Waals surface area contributed by atoms with Crippen LogP contribution in [0.2, 0.25) is 0 Å². The van der Waals surface area contributed by atoms with E-state index in [1.54, 1.807) is 0 Å². The van der Waals surface area contributed by atoms with Crippen molar-refractivity contribution in [3.05, 3.63) is 40.0 Å². The second-order valence-corrected chi connectivity index (χ2v) is 5.89. The molecule has 0 fully saturated rings. The third-order valence-corrected chi connectivity index (χ3v) is 4.25. The molecule has 126 valence electrons. The van der Waals surface area contributed by atoms with Crippen LogP contribution < -0.4 is 11.2 Å². The summed E-state index contributed by atoms with van der Waals surface area (Å²) in [5.41, 5.74) is 6.18. The molecule has 0 aliphatic heterocycles. The molecule has 8 nitrogen and oxygen atoms in total. The Labute approximate surface area is 141 Å². The van der Waals surface area contributed by atoms with Gasteiger partial charge in [-0.2, -0.15) is 4.98 Å². The molecular formula is C17H14N4O4. The molecule has 0 saturated heterocycles. The van der Waals surface area contributed by atoms with Gasteiger partial charge in [-0.15, -0.1) is 0 Å². The molecule has 8 heteroatoms. The van der Waals surface area contributed by atoms with Crippen LogP contribution in [0.15, 0.2) is 27.6 Å². The number of hydrogen-bond acceptors (Lipinski definition) is 7. The SMILES string of the molecule is Nc1nc2oc3cnc(C4=CCCCC4)nc3c(=O)c2cc1C(=O)O. The lowest BCUT2D eigenvalue weighted by Gasteiger charge is -2.11. The van der Waals surface area contributed by atoms with Gasteiger partial charge in [0.05, 0.1) is 11.6 Å². The van der Waals surface area contributed by atoms with E-state index in [1.807, 2.05) is 0 Å². The standard InChI is InChI=1S/C17H14N4O4/c18-14-10(17(23)24)6-9-13(22)12-11(25-16(9)21-14)7-19-15(20-12)8-4-2-1-3-5-8/h4,6-7H,1-3,5H2,(H2,18,21)(H,23,24). The molecular weight excluding hydrogens is 324 g/mol. The average molecular weight is 338 g/mol. The Morgan fingerprint density at radius 1 is 1.28 bits per heavy atom. The van der Waals surface area contributed by atoms with Crippen molar-refractivity contribution < 1.29 is 14.3 Å². The van der Waals surface area contributed by atoms with Gasteiger partial charge in [-0.25, -0.2) is 14.8 Å². The lowest BCUT2D eigenvalue weighted by Crippen LogP contribution is -2.11. The Balaban J connectivity index is 1.98. The van der Waals surface area contributed by atoms with Crippen LogP contribution in [0.3, 0.4) is 0 Å². The Bertz CT molecular complexity index is 1120. The molecule has 4 rings (SSSR count). The highest BCUT2D eigenvalue weighted by Crippen LogP contribution is 2.26. The number of aromatic carboxylic acids is 1. The van der Waals surface area contributed by atoms with Crippen LogP contribution in [0.25, 0.3) is 27.8 Å². The van der Waals surface area contributed by atoms with Crippen molar-refractivity contribution in [2.24, 2.45) is 0 Å². The number of carboxylic acid groups (broad SMARTS) is 1. The van der Waals surface area contributed by atoms with Gasteiger partial charge in [0.25, 0.3) is 0 Å². The highest BCUT2D eigenvalue weighted by atomic mass is 16.4. The molecule has 0 saturated carbocycles. The minimum atomic E-state index is -1.26. The first-order chi connectivity index (χ1) is 12.0. The van der Waals surface area contributed by atoms with Crippen molar-refractivity contribution >= 4 is 39.6 Å². The first-order valence-electron chi connectivity index (χ1n) is 7.87. The second kappa shape index (κ2) is 5.66. The Kier molecular flexibility index (Phi) is 3.45. The molecule has 0 radical (unpaired) electrons. The third kappa shape index (κ3) is 2.51. The van der Waals surface area contributed by atoms with Crippen molar-refractivity contribution in [1.29, 1.82) is 0 Å². The fraction of sp³-hybridized carbons (Fsp3) is 0.235. The smallest absolute Gasteiger partial charge is 0.339 e. The van der Waals surface area contributed by atoms with Gasteiger partial charge in [0.2, 0.25) is 11.1 Å². The van der Waals surface area contributed by atoms with Crippen LogP contribution >= 0.6 is 0 Å². The molecule has 3 aromatic rings. The molecule has 3 N–H and O–H groups in total. The quantitative estimate of drug-likeness (QED) is 0.680. The van der Waals surface area contributed by atoms with Gasteiger partial charge in [0, 0.05) is 0 Å². The van der Waals surface area contributed by atoms with E-state index < -0.39 is 11.4 Å². The van der Waals surface area contributed by atoms with Gasteiger partial charge >= 0.3 is 5.97 Å². The van der Waals surface area contributed by atoms with Crippen LogP contribution in [-0.4, -0.2) is 26.0 Å². The molecule has 0 spiro atoms. The van der Waals surface area contributed by atoms with E-state index in [9.17, 15) is 9.59 Å². The van der Waals surface area contributed by atoms with Gasteiger partial charge in [0.15, 0.2) is 16.9 Å². The summed E-state index contributed by atoms with van der Waals surface area (Å²) in [6, 6.07) is 1.17. The number of aromatic nitrogens is 3. The van der Waals surface area contributed by atoms with E-state index in [1.165, 1.54) is 12.3 Å². The summed E-state index contributed by atoms with van der Waals surface area (Å²) in [4.78, 5) is 36.5. The summed E-state index contributed by atoms with van der Waals surface area (Å²) >= 11 is 0. The molecule has 0 aromatic carbocycles. The van der Waals surface area contributed by atoms with Gasteiger partial charge < -0.3 is 15.3 Å². The van der Waals surface area contributed by atoms with Crippen molar-refractivity contribution in [2.75, 3.05) is 5.73 Å². The maximum atomic E-state index is 12.8. The first-order valence-corrected chi connectivity index (χ1v) is 7.87. The van der Waals surface area contributed by atoms with Crippen molar-refractivity contribution in [2.45, 2.75) is 25.7 Å². The van der Waals surface area contributed by atoms with Crippen molar-refractivity contribution in [3.8, 4) is 0 Å². The molecule has 0 bridgehead atoms. The molecule has 0 unspecified atom stereocenters. The van der Waals surface area contributed by atoms with E-state index >= 15 is 0 Å². The lowest BCUT2D eigenvalue weighted by molar-refractivity contribution is 0.0698. The molecule has 3 heterocycles. The second-order valence-electron chi connectivity index (χ2n) is 5.89. The zero-order valence-electron chi connectivity index (χ0n) is 13.2. The predicted molar refractivity (Wildman–Crippen MR) is 91.2 cm³/mol. The van der Waals surface area contributed by atoms with Crippen LogP contribution in [0.1, 0.15) is 41.9 Å². The van der Waals surface area contributed by atoms with Gasteiger partial charge in [-0.3, -0.25) is 4.79 Å². The normalized spacial score (nSPS) is 14.6. The van der Waals surface area contributed by atoms with Crippen molar-refractivity contribution in [1.82, 2.24) is 15.0 Å². The minimum Gasteiger partial charge on any atom is -0.478 e. The lowest BCUT2D eigenvalue weighted by atomic mass is 9.99. The number of carbonyl (C=O) groups is 1. The molecule has 1 aliphatic rings. The van der Waals surface area contributed by atoms with Gasteiger partial charge in [0.1, 0.15) is 11.4 Å². The fourth-order valence-corrected chi connectivity index (χ4v) is 2.96. The summed E-state index contributed by atoms with van der Waals surface area (Å²) in [5, 5.41) is 9.19. The van der Waals surface area contributed by atoms with Crippen LogP contribution in [0.4, 0.5) is 5.82 Å². The summed E-state index contributed by atoms with van der Waals surface area (Å²) in [7, 11) is 0. The molecule has 3 aromatic heterocycles. The van der Waals surface area contributed by atoms with E-state index in [0.29, 0.717) is 5.82 Å². The van der Waals surface area contributed by atoms with Gasteiger partial charge in [-0.1, -0.05) is 6.08 Å². The zero-order valence-corrected chi connectivity index (χ0v) is 13.2. The number of pyridine rings is 1. The number of carboxylic acids is 1. The van der Waals surface area contributed by atoms with E-state index in [-0.39, 0.29) is 33.6 Å². The summed E-state index contributed by atoms with van der Waals surface area (Å²) in [6.07, 6.45) is 7.55. The van der Waals surface area contributed by atoms with E-state index in [0.717, 1.165) is 31.3 Å². The third-order valence-electron chi connectivity index (χ3n) is 4.25. The zero-order chi connectivity index (χ0) is 17.6. The average Bonchev–Trinajstić information content (AvgIpc) is 2.62. The number of nitrogens with two attached hydrogens (primary N) is 1. The number of fused-ring (bicyclic) bond motifs is 2. The highest BCUT2D eigenvalue weighted by Gasteiger charge is 2.18. The Hall–Kier alpha value is -3.29. The first kappa shape index (κ1) is 15.3. The van der Waals surface area contributed by atoms with E-state index in [4.69, 9.17) is 15.3 Å². The maximum Gasteiger partial charge on any atom is 0.339 e. The molecule has 25 heavy (non-hydrogen) atoms. The minimum absolute atomic E-state index is 0.0290. The van der Waals surface area contributed by atoms with Crippen LogP contribution in [-0.2, 0) is 0 Å². The van der Waals surface area contributed by atoms with Gasteiger partial charge in [-0.05, 0) is 37.3 Å². The highest BCUT2D eigenvalue weighted by molar-refractivity contribution is 5.98. The number of hydrogen-bond donors (Lipinski definition) is 2. The molecule has 0 atom stereocenters. The van der Waals surface area contributed by atoms with Crippen LogP contribution in [0, 0.1) is 0 Å². The summed E-state index contributed by atoms with van der Waals surface area (Å²) < 4.78 is 5.56. The monoisotopic (exact) mass is 338 g/mol. The number of allylic oxidation sites excluding steroid dienone is 2. The maximum absolute atomic E-state index is 12.8. The number of nitrogen functional groups attached to an aromatic ring is 1. The number of nitrogens with zero attached hydrogens (tertiary/aromatic N) is 3. The number of anilines is 1.